The van der Waals surface area contributed by atoms with E-state index < -0.39 is 5.97 Å². The Morgan fingerprint density at radius 2 is 2.00 bits per heavy atom. The summed E-state index contributed by atoms with van der Waals surface area (Å²) in [6.45, 7) is 7.54. The van der Waals surface area contributed by atoms with Crippen molar-refractivity contribution in [2.45, 2.75) is 13.5 Å². The van der Waals surface area contributed by atoms with Crippen LogP contribution in [0.25, 0.3) is 12.2 Å². The molecule has 34 heavy (non-hydrogen) atoms. The number of amides is 1. The number of nitrogens with zero attached hydrogens (tertiary/aromatic N) is 2. The van der Waals surface area contributed by atoms with Crippen LogP contribution in [-0.2, 0) is 25.6 Å². The van der Waals surface area contributed by atoms with Crippen molar-refractivity contribution < 1.29 is 28.5 Å². The third-order valence-electron chi connectivity index (χ3n) is 4.96. The molecule has 1 aromatic carbocycles. The molecule has 2 heterocycles. The van der Waals surface area contributed by atoms with Crippen molar-refractivity contribution in [3.8, 4) is 11.5 Å². The first kappa shape index (κ1) is 25.3. The van der Waals surface area contributed by atoms with Gasteiger partial charge >= 0.3 is 5.97 Å². The summed E-state index contributed by atoms with van der Waals surface area (Å²) in [5, 5.41) is 0. The molecule has 1 fully saturated rings. The van der Waals surface area contributed by atoms with E-state index in [-0.39, 0.29) is 24.6 Å². The van der Waals surface area contributed by atoms with Crippen molar-refractivity contribution >= 4 is 35.4 Å². The van der Waals surface area contributed by atoms with Crippen LogP contribution in [0.2, 0.25) is 0 Å². The number of benzene rings is 1. The third-order valence-corrected chi connectivity index (χ3v) is 6.02. The Labute approximate surface area is 201 Å². The number of hydrogen-bond acceptors (Lipinski definition) is 8. The fourth-order valence-corrected chi connectivity index (χ4v) is 4.35. The number of aromatic nitrogens is 1. The van der Waals surface area contributed by atoms with E-state index in [1.165, 1.54) is 17.8 Å². The summed E-state index contributed by atoms with van der Waals surface area (Å²) in [4.78, 5) is 39.8. The minimum Gasteiger partial charge on any atom is -0.493 e. The van der Waals surface area contributed by atoms with Crippen LogP contribution < -0.4 is 24.2 Å². The van der Waals surface area contributed by atoms with Gasteiger partial charge in [0, 0.05) is 13.1 Å². The molecule has 0 atom stereocenters. The van der Waals surface area contributed by atoms with E-state index in [9.17, 15) is 14.4 Å². The largest absolute Gasteiger partial charge is 0.493 e. The summed E-state index contributed by atoms with van der Waals surface area (Å²) in [6, 6.07) is 5.28. The van der Waals surface area contributed by atoms with E-state index in [4.69, 9.17) is 18.9 Å². The van der Waals surface area contributed by atoms with Gasteiger partial charge in [0.2, 0.25) is 5.91 Å². The molecule has 1 aromatic heterocycles. The average Bonchev–Trinajstić information content (AvgIpc) is 3.12. The first-order chi connectivity index (χ1) is 16.5. The molecule has 0 aliphatic carbocycles. The van der Waals surface area contributed by atoms with Crippen LogP contribution in [0.3, 0.4) is 0 Å². The van der Waals surface area contributed by atoms with Gasteiger partial charge in [-0.25, -0.2) is 4.79 Å². The zero-order valence-electron chi connectivity index (χ0n) is 19.3. The molecular weight excluding hydrogens is 460 g/mol. The van der Waals surface area contributed by atoms with E-state index >= 15 is 0 Å². The maximum atomic E-state index is 13.2. The number of rotatable bonds is 9. The normalized spacial score (nSPS) is 14.7. The molecular formula is C24H28N2O7S. The van der Waals surface area contributed by atoms with Crippen molar-refractivity contribution in [2.24, 2.45) is 0 Å². The highest BCUT2D eigenvalue weighted by Gasteiger charge is 2.19. The minimum atomic E-state index is -0.576. The van der Waals surface area contributed by atoms with Gasteiger partial charge in [-0.15, -0.1) is 11.3 Å². The molecule has 0 saturated carbocycles. The van der Waals surface area contributed by atoms with Gasteiger partial charge in [-0.05, 0) is 30.7 Å². The Morgan fingerprint density at radius 3 is 2.68 bits per heavy atom. The molecule has 9 nitrogen and oxygen atoms in total. The molecule has 0 radical (unpaired) electrons. The van der Waals surface area contributed by atoms with Crippen LogP contribution in [0, 0.1) is 0 Å². The van der Waals surface area contributed by atoms with Crippen molar-refractivity contribution in [2.75, 3.05) is 46.6 Å². The molecule has 3 rings (SSSR count). The van der Waals surface area contributed by atoms with E-state index in [1.54, 1.807) is 42.2 Å². The van der Waals surface area contributed by atoms with Crippen molar-refractivity contribution in [1.82, 2.24) is 9.47 Å². The van der Waals surface area contributed by atoms with Gasteiger partial charge < -0.3 is 23.8 Å². The number of carbonyl (C=O) groups is 2. The van der Waals surface area contributed by atoms with Gasteiger partial charge in [0.05, 0.1) is 37.5 Å². The molecule has 2 aromatic rings. The topological polar surface area (TPSA) is 96.3 Å². The van der Waals surface area contributed by atoms with Crippen LogP contribution in [0.4, 0.5) is 0 Å². The van der Waals surface area contributed by atoms with Crippen LogP contribution >= 0.6 is 11.3 Å². The Bertz CT molecular complexity index is 1210. The predicted octanol–water partition coefficient (Wildman–Crippen LogP) is 0.514. The van der Waals surface area contributed by atoms with E-state index in [0.717, 1.165) is 11.3 Å². The lowest BCUT2D eigenvalue weighted by Crippen LogP contribution is -2.45. The fraction of sp³-hybridized carbons (Fsp3) is 0.375. The van der Waals surface area contributed by atoms with Crippen LogP contribution in [0.1, 0.15) is 12.5 Å². The van der Waals surface area contributed by atoms with Gasteiger partial charge in [-0.3, -0.25) is 14.2 Å². The average molecular weight is 489 g/mol. The first-order valence-electron chi connectivity index (χ1n) is 10.8. The molecule has 0 spiro atoms. The molecule has 0 unspecified atom stereocenters. The summed E-state index contributed by atoms with van der Waals surface area (Å²) in [5.74, 6) is 0.274. The second kappa shape index (κ2) is 12.2. The third kappa shape index (κ3) is 6.36. The quantitative estimate of drug-likeness (QED) is 0.375. The lowest BCUT2D eigenvalue weighted by atomic mass is 10.2. The lowest BCUT2D eigenvalue weighted by molar-refractivity contribution is -0.136. The standard InChI is InChI=1S/C24H28N2O7S/c1-4-10-33-18-7-6-17(13-19(18)30-3)14-20-24(29)26(22(34-20)15-23(28)32-5-2)16-21(27)25-8-11-31-12-9-25/h4,6-7,13-15H,1,5,8-12,16H2,2-3H3/b20-14-,22-15-. The Hall–Kier alpha value is -3.37. The Morgan fingerprint density at radius 1 is 1.24 bits per heavy atom. The molecule has 1 aliphatic heterocycles. The summed E-state index contributed by atoms with van der Waals surface area (Å²) >= 11 is 1.11. The number of morpholine rings is 1. The minimum absolute atomic E-state index is 0.175. The second-order valence-electron chi connectivity index (χ2n) is 7.24. The summed E-state index contributed by atoms with van der Waals surface area (Å²) < 4.78 is 23.3. The number of esters is 1. The van der Waals surface area contributed by atoms with Crippen molar-refractivity contribution in [3.63, 3.8) is 0 Å². The van der Waals surface area contributed by atoms with Gasteiger partial charge in [0.15, 0.2) is 11.5 Å². The van der Waals surface area contributed by atoms with Crippen molar-refractivity contribution in [3.05, 3.63) is 56.0 Å². The Balaban J connectivity index is 2.01. The van der Waals surface area contributed by atoms with Crippen LogP contribution in [0.5, 0.6) is 11.5 Å². The fourth-order valence-electron chi connectivity index (χ4n) is 3.32. The van der Waals surface area contributed by atoms with Gasteiger partial charge in [-0.2, -0.15) is 0 Å². The second-order valence-corrected chi connectivity index (χ2v) is 8.30. The summed E-state index contributed by atoms with van der Waals surface area (Å²) in [5.41, 5.74) is 0.337. The molecule has 1 aliphatic rings. The highest BCUT2D eigenvalue weighted by Crippen LogP contribution is 2.28. The summed E-state index contributed by atoms with van der Waals surface area (Å²) in [7, 11) is 1.53. The smallest absolute Gasteiger partial charge is 0.333 e. The molecule has 10 heteroatoms. The summed E-state index contributed by atoms with van der Waals surface area (Å²) in [6.07, 6.45) is 4.56. The maximum Gasteiger partial charge on any atom is 0.333 e. The zero-order chi connectivity index (χ0) is 24.5. The molecule has 0 bridgehead atoms. The predicted molar refractivity (Wildman–Crippen MR) is 129 cm³/mol. The highest BCUT2D eigenvalue weighted by atomic mass is 32.1. The molecule has 0 N–H and O–H groups in total. The van der Waals surface area contributed by atoms with Gasteiger partial charge in [-0.1, -0.05) is 18.7 Å². The van der Waals surface area contributed by atoms with Gasteiger partial charge in [0.25, 0.3) is 5.56 Å². The van der Waals surface area contributed by atoms with Crippen molar-refractivity contribution in [1.29, 1.82) is 0 Å². The number of hydrogen-bond donors (Lipinski definition) is 0. The number of methoxy groups -OCH3 is 1. The van der Waals surface area contributed by atoms with Crippen LogP contribution in [0.15, 0.2) is 35.6 Å². The highest BCUT2D eigenvalue weighted by molar-refractivity contribution is 7.07. The first-order valence-corrected chi connectivity index (χ1v) is 11.7. The van der Waals surface area contributed by atoms with Gasteiger partial charge in [0.1, 0.15) is 17.8 Å². The zero-order valence-corrected chi connectivity index (χ0v) is 20.1. The molecule has 182 valence electrons. The van der Waals surface area contributed by atoms with Crippen LogP contribution in [-0.4, -0.2) is 68.0 Å². The monoisotopic (exact) mass is 488 g/mol. The SMILES string of the molecule is C=CCOc1ccc(/C=c2\s/c(=C\C(=O)OCC)n(CC(=O)N3CCOCC3)c2=O)cc1OC. The number of carbonyl (C=O) groups excluding carboxylic acids is 2. The molecule has 1 amide bonds. The number of ether oxygens (including phenoxy) is 4. The lowest BCUT2D eigenvalue weighted by Gasteiger charge is -2.26. The number of thiazole rings is 1. The van der Waals surface area contributed by atoms with E-state index in [1.807, 2.05) is 0 Å². The van der Waals surface area contributed by atoms with E-state index in [2.05, 4.69) is 6.58 Å². The Kier molecular flexibility index (Phi) is 9.06. The van der Waals surface area contributed by atoms with E-state index in [0.29, 0.717) is 59.2 Å². The maximum absolute atomic E-state index is 13.2. The molecule has 1 saturated heterocycles.